The van der Waals surface area contributed by atoms with E-state index in [1.807, 2.05) is 18.2 Å². The molecule has 1 aromatic carbocycles. The number of hydrogen-bond donors (Lipinski definition) is 1. The molecule has 1 aliphatic heterocycles. The zero-order valence-electron chi connectivity index (χ0n) is 8.49. The molecule has 2 rings (SSSR count). The summed E-state index contributed by atoms with van der Waals surface area (Å²) in [5, 5.41) is 9.09. The molecule has 16 heavy (non-hydrogen) atoms. The van der Waals surface area contributed by atoms with E-state index in [9.17, 15) is 4.79 Å². The maximum atomic E-state index is 11.7. The van der Waals surface area contributed by atoms with Crippen molar-refractivity contribution in [2.45, 2.75) is 17.9 Å². The second-order valence-corrected chi connectivity index (χ2v) is 5.90. The van der Waals surface area contributed by atoms with Crippen LogP contribution in [0, 0.1) is 0 Å². The van der Waals surface area contributed by atoms with Crippen LogP contribution in [0.2, 0.25) is 0 Å². The van der Waals surface area contributed by atoms with Gasteiger partial charge in [0, 0.05) is 22.3 Å². The number of amides is 1. The minimum atomic E-state index is -0.0138. The molecule has 1 fully saturated rings. The molecule has 86 valence electrons. The molecule has 0 bridgehead atoms. The maximum Gasteiger partial charge on any atom is 0.228 e. The van der Waals surface area contributed by atoms with Gasteiger partial charge in [-0.15, -0.1) is 0 Å². The first-order valence-electron chi connectivity index (χ1n) is 4.95. The highest BCUT2D eigenvalue weighted by molar-refractivity contribution is 9.10. The van der Waals surface area contributed by atoms with Gasteiger partial charge in [0.2, 0.25) is 5.91 Å². The topological polar surface area (TPSA) is 40.5 Å². The van der Waals surface area contributed by atoms with Crippen LogP contribution >= 0.6 is 31.9 Å². The van der Waals surface area contributed by atoms with Crippen LogP contribution < -0.4 is 4.90 Å². The van der Waals surface area contributed by atoms with E-state index < -0.39 is 0 Å². The highest BCUT2D eigenvalue weighted by Crippen LogP contribution is 2.32. The van der Waals surface area contributed by atoms with Crippen molar-refractivity contribution in [3.05, 3.63) is 28.2 Å². The van der Waals surface area contributed by atoms with E-state index >= 15 is 0 Å². The van der Waals surface area contributed by atoms with E-state index in [0.717, 1.165) is 15.7 Å². The smallest absolute Gasteiger partial charge is 0.228 e. The number of carbonyl (C=O) groups excluding carboxylic acids is 1. The van der Waals surface area contributed by atoms with Crippen molar-refractivity contribution in [3.8, 4) is 0 Å². The monoisotopic (exact) mass is 347 g/mol. The van der Waals surface area contributed by atoms with E-state index in [1.165, 1.54) is 0 Å². The highest BCUT2D eigenvalue weighted by atomic mass is 79.9. The van der Waals surface area contributed by atoms with Crippen LogP contribution in [-0.2, 0) is 11.4 Å². The summed E-state index contributed by atoms with van der Waals surface area (Å²) in [6.07, 6.45) is 0.524. The standard InChI is InChI=1S/C11H11Br2NO2/c12-8-4-11(16)14(5-8)10-3-7(6-15)1-2-9(10)13/h1-3,8,15H,4-6H2. The Morgan fingerprint density at radius 2 is 2.25 bits per heavy atom. The first-order valence-corrected chi connectivity index (χ1v) is 6.66. The van der Waals surface area contributed by atoms with Crippen LogP contribution in [0.5, 0.6) is 0 Å². The average Bonchev–Trinajstić information content (AvgIpc) is 2.58. The number of halogens is 2. The third-order valence-corrected chi connectivity index (χ3v) is 3.85. The number of rotatable bonds is 2. The molecular formula is C11H11Br2NO2. The molecule has 1 N–H and O–H groups in total. The summed E-state index contributed by atoms with van der Waals surface area (Å²) in [5.74, 6) is 0.109. The zero-order valence-corrected chi connectivity index (χ0v) is 11.7. The van der Waals surface area contributed by atoms with E-state index in [4.69, 9.17) is 5.11 Å². The number of nitrogens with zero attached hydrogens (tertiary/aromatic N) is 1. The molecular weight excluding hydrogens is 338 g/mol. The van der Waals surface area contributed by atoms with Gasteiger partial charge in [0.05, 0.1) is 12.3 Å². The van der Waals surface area contributed by atoms with Crippen LogP contribution in [0.25, 0.3) is 0 Å². The van der Waals surface area contributed by atoms with E-state index in [2.05, 4.69) is 31.9 Å². The third kappa shape index (κ3) is 2.31. The maximum absolute atomic E-state index is 11.7. The normalized spacial score (nSPS) is 20.6. The Morgan fingerprint density at radius 1 is 1.50 bits per heavy atom. The van der Waals surface area contributed by atoms with Gasteiger partial charge in [-0.3, -0.25) is 4.79 Å². The average molecular weight is 349 g/mol. The Kier molecular flexibility index (Phi) is 3.66. The second-order valence-electron chi connectivity index (χ2n) is 3.75. The van der Waals surface area contributed by atoms with E-state index in [1.54, 1.807) is 4.90 Å². The summed E-state index contributed by atoms with van der Waals surface area (Å²) in [7, 11) is 0. The molecule has 1 amide bonds. The molecule has 0 radical (unpaired) electrons. The second kappa shape index (κ2) is 4.85. The first kappa shape index (κ1) is 12.1. The van der Waals surface area contributed by atoms with Gasteiger partial charge < -0.3 is 10.0 Å². The number of aliphatic hydroxyl groups excluding tert-OH is 1. The number of benzene rings is 1. The third-order valence-electron chi connectivity index (χ3n) is 2.56. The molecule has 1 atom stereocenters. The van der Waals surface area contributed by atoms with Gasteiger partial charge in [-0.2, -0.15) is 0 Å². The Balaban J connectivity index is 2.35. The fraction of sp³-hybridized carbons (Fsp3) is 0.364. The van der Waals surface area contributed by atoms with Gasteiger partial charge in [-0.25, -0.2) is 0 Å². The van der Waals surface area contributed by atoms with Crippen molar-refractivity contribution in [2.75, 3.05) is 11.4 Å². The largest absolute Gasteiger partial charge is 0.392 e. The predicted molar refractivity (Wildman–Crippen MR) is 69.7 cm³/mol. The molecule has 5 heteroatoms. The van der Waals surface area contributed by atoms with Gasteiger partial charge in [0.1, 0.15) is 0 Å². The summed E-state index contributed by atoms with van der Waals surface area (Å²) in [4.78, 5) is 13.7. The molecule has 1 saturated heterocycles. The van der Waals surface area contributed by atoms with Crippen LogP contribution in [0.4, 0.5) is 5.69 Å². The summed E-state index contributed by atoms with van der Waals surface area (Å²) in [6, 6.07) is 5.53. The summed E-state index contributed by atoms with van der Waals surface area (Å²) < 4.78 is 0.875. The Labute approximate surface area is 111 Å². The number of anilines is 1. The van der Waals surface area contributed by atoms with Gasteiger partial charge in [-0.1, -0.05) is 22.0 Å². The van der Waals surface area contributed by atoms with Crippen LogP contribution in [0.15, 0.2) is 22.7 Å². The lowest BCUT2D eigenvalue weighted by atomic mass is 10.2. The highest BCUT2D eigenvalue weighted by Gasteiger charge is 2.29. The number of hydrogen-bond acceptors (Lipinski definition) is 2. The van der Waals surface area contributed by atoms with E-state index in [-0.39, 0.29) is 17.3 Å². The van der Waals surface area contributed by atoms with Gasteiger partial charge >= 0.3 is 0 Å². The molecule has 1 aromatic rings. The summed E-state index contributed by atoms with van der Waals surface area (Å²) in [5.41, 5.74) is 1.64. The molecule has 3 nitrogen and oxygen atoms in total. The van der Waals surface area contributed by atoms with Gasteiger partial charge in [0.15, 0.2) is 0 Å². The molecule has 1 unspecified atom stereocenters. The van der Waals surface area contributed by atoms with Gasteiger partial charge in [0.25, 0.3) is 0 Å². The molecule has 1 aliphatic rings. The van der Waals surface area contributed by atoms with Crippen molar-refractivity contribution in [2.24, 2.45) is 0 Å². The van der Waals surface area contributed by atoms with Crippen LogP contribution in [0.1, 0.15) is 12.0 Å². The first-order chi connectivity index (χ1) is 7.61. The molecule has 0 spiro atoms. The summed E-state index contributed by atoms with van der Waals surface area (Å²) in [6.45, 7) is 0.659. The number of alkyl halides is 1. The Bertz CT molecular complexity index is 422. The molecule has 0 aromatic heterocycles. The fourth-order valence-electron chi connectivity index (χ4n) is 1.76. The lowest BCUT2D eigenvalue weighted by Crippen LogP contribution is -2.25. The molecule has 0 saturated carbocycles. The Morgan fingerprint density at radius 3 is 2.81 bits per heavy atom. The Hall–Kier alpha value is -0.390. The SMILES string of the molecule is O=C1CC(Br)CN1c1cc(CO)ccc1Br. The number of carbonyl (C=O) groups is 1. The summed E-state index contributed by atoms with van der Waals surface area (Å²) >= 11 is 6.88. The minimum Gasteiger partial charge on any atom is -0.392 e. The van der Waals surface area contributed by atoms with Crippen molar-refractivity contribution in [3.63, 3.8) is 0 Å². The minimum absolute atomic E-state index is 0.0138. The van der Waals surface area contributed by atoms with Crippen molar-refractivity contribution in [1.82, 2.24) is 0 Å². The van der Waals surface area contributed by atoms with E-state index in [0.29, 0.717) is 13.0 Å². The molecule has 0 aliphatic carbocycles. The molecule has 1 heterocycles. The predicted octanol–water partition coefficient (Wildman–Crippen LogP) is 2.44. The lowest BCUT2D eigenvalue weighted by molar-refractivity contribution is -0.117. The lowest BCUT2D eigenvalue weighted by Gasteiger charge is -2.18. The van der Waals surface area contributed by atoms with Crippen molar-refractivity contribution >= 4 is 43.5 Å². The fourth-order valence-corrected chi connectivity index (χ4v) is 2.79. The van der Waals surface area contributed by atoms with Crippen molar-refractivity contribution < 1.29 is 9.90 Å². The zero-order chi connectivity index (χ0) is 11.7. The quantitative estimate of drug-likeness (QED) is 0.834. The van der Waals surface area contributed by atoms with Crippen molar-refractivity contribution in [1.29, 1.82) is 0 Å². The number of aliphatic hydroxyl groups is 1. The van der Waals surface area contributed by atoms with Crippen LogP contribution in [0.3, 0.4) is 0 Å². The van der Waals surface area contributed by atoms with Crippen LogP contribution in [-0.4, -0.2) is 22.4 Å². The van der Waals surface area contributed by atoms with Gasteiger partial charge in [-0.05, 0) is 33.6 Å².